The van der Waals surface area contributed by atoms with E-state index in [4.69, 9.17) is 15.0 Å². The molecule has 0 spiro atoms. The molecule has 0 saturated carbocycles. The molecule has 172 valence electrons. The van der Waals surface area contributed by atoms with E-state index in [1.165, 1.54) is 12.4 Å². The molecule has 0 saturated heterocycles. The molecule has 0 atom stereocenters. The molecule has 0 bridgehead atoms. The van der Waals surface area contributed by atoms with Crippen molar-refractivity contribution in [2.75, 3.05) is 24.7 Å². The minimum absolute atomic E-state index is 0.273. The SMILES string of the molecule is COc1ccc(F)c2c1cc(C)n2CCNc1cc(-c2ccc(-c3cc(N)no3)cc2)ncn1. The van der Waals surface area contributed by atoms with Crippen LogP contribution in [0.25, 0.3) is 33.5 Å². The molecule has 0 fully saturated rings. The van der Waals surface area contributed by atoms with E-state index in [0.717, 1.165) is 27.9 Å². The van der Waals surface area contributed by atoms with Crippen LogP contribution in [0.15, 0.2) is 65.4 Å². The van der Waals surface area contributed by atoms with Gasteiger partial charge in [0.1, 0.15) is 23.7 Å². The number of hydrogen-bond acceptors (Lipinski definition) is 7. The molecule has 3 aromatic heterocycles. The van der Waals surface area contributed by atoms with Crippen molar-refractivity contribution in [1.82, 2.24) is 19.7 Å². The van der Waals surface area contributed by atoms with Crippen molar-refractivity contribution in [2.45, 2.75) is 13.5 Å². The quantitative estimate of drug-likeness (QED) is 0.357. The Morgan fingerprint density at radius 1 is 1.06 bits per heavy atom. The lowest BCUT2D eigenvalue weighted by Gasteiger charge is -2.12. The number of rotatable bonds is 7. The van der Waals surface area contributed by atoms with Crippen LogP contribution in [0.4, 0.5) is 16.0 Å². The number of aromatic nitrogens is 4. The van der Waals surface area contributed by atoms with Crippen LogP contribution in [0, 0.1) is 12.7 Å². The van der Waals surface area contributed by atoms with Crippen LogP contribution in [0.3, 0.4) is 0 Å². The third-order valence-electron chi connectivity index (χ3n) is 5.70. The molecule has 5 rings (SSSR count). The number of nitrogens with two attached hydrogens (primary N) is 1. The number of anilines is 2. The fourth-order valence-corrected chi connectivity index (χ4v) is 4.04. The zero-order chi connectivity index (χ0) is 23.7. The monoisotopic (exact) mass is 458 g/mol. The van der Waals surface area contributed by atoms with E-state index in [9.17, 15) is 4.39 Å². The third kappa shape index (κ3) is 4.03. The van der Waals surface area contributed by atoms with Gasteiger partial charge >= 0.3 is 0 Å². The second-order valence-electron chi connectivity index (χ2n) is 7.86. The topological polar surface area (TPSA) is 104 Å². The van der Waals surface area contributed by atoms with Crippen molar-refractivity contribution in [3.63, 3.8) is 0 Å². The second kappa shape index (κ2) is 8.86. The maximum atomic E-state index is 14.6. The average molecular weight is 458 g/mol. The molecule has 3 heterocycles. The van der Waals surface area contributed by atoms with E-state index in [2.05, 4.69) is 20.4 Å². The zero-order valence-corrected chi connectivity index (χ0v) is 18.7. The summed E-state index contributed by atoms with van der Waals surface area (Å²) in [4.78, 5) is 8.70. The second-order valence-corrected chi connectivity index (χ2v) is 7.86. The Bertz CT molecular complexity index is 1460. The summed E-state index contributed by atoms with van der Waals surface area (Å²) in [6.45, 7) is 3.08. The van der Waals surface area contributed by atoms with Crippen LogP contribution in [0.1, 0.15) is 5.69 Å². The molecule has 2 aromatic carbocycles. The molecule has 0 unspecified atom stereocenters. The summed E-state index contributed by atoms with van der Waals surface area (Å²) in [5, 5.41) is 7.79. The predicted octanol–water partition coefficient (Wildman–Crippen LogP) is 4.90. The minimum Gasteiger partial charge on any atom is -0.496 e. The van der Waals surface area contributed by atoms with Crippen LogP contribution in [-0.2, 0) is 6.54 Å². The Morgan fingerprint density at radius 2 is 1.85 bits per heavy atom. The van der Waals surface area contributed by atoms with Gasteiger partial charge in [-0.2, -0.15) is 0 Å². The van der Waals surface area contributed by atoms with Crippen molar-refractivity contribution in [3.8, 4) is 28.3 Å². The van der Waals surface area contributed by atoms with E-state index in [1.54, 1.807) is 19.2 Å². The van der Waals surface area contributed by atoms with Crippen LogP contribution < -0.4 is 15.8 Å². The highest BCUT2D eigenvalue weighted by Crippen LogP contribution is 2.31. The maximum Gasteiger partial charge on any atom is 0.169 e. The summed E-state index contributed by atoms with van der Waals surface area (Å²) in [5.74, 6) is 2.02. The largest absolute Gasteiger partial charge is 0.496 e. The summed E-state index contributed by atoms with van der Waals surface area (Å²) in [6, 6.07) is 16.3. The lowest BCUT2D eigenvalue weighted by atomic mass is 10.1. The first kappa shape index (κ1) is 21.4. The Hall–Kier alpha value is -4.40. The molecule has 0 aliphatic rings. The molecule has 5 aromatic rings. The van der Waals surface area contributed by atoms with Gasteiger partial charge in [0.2, 0.25) is 0 Å². The highest BCUT2D eigenvalue weighted by atomic mass is 19.1. The lowest BCUT2D eigenvalue weighted by Crippen LogP contribution is -2.13. The highest BCUT2D eigenvalue weighted by molar-refractivity contribution is 5.88. The molecule has 34 heavy (non-hydrogen) atoms. The van der Waals surface area contributed by atoms with Crippen LogP contribution in [0.5, 0.6) is 5.75 Å². The van der Waals surface area contributed by atoms with Gasteiger partial charge in [-0.3, -0.25) is 0 Å². The third-order valence-corrected chi connectivity index (χ3v) is 5.70. The van der Waals surface area contributed by atoms with Crippen LogP contribution in [-0.4, -0.2) is 33.3 Å². The fraction of sp³-hybridized carbons (Fsp3) is 0.160. The molecule has 9 heteroatoms. The molecule has 0 aliphatic heterocycles. The lowest BCUT2D eigenvalue weighted by molar-refractivity contribution is 0.419. The van der Waals surface area contributed by atoms with Gasteiger partial charge in [0.15, 0.2) is 11.6 Å². The number of fused-ring (bicyclic) bond motifs is 1. The standard InChI is InChI=1S/C25H23FN6O2/c1-15-11-18-21(33-2)8-7-19(26)25(18)32(15)10-9-28-24-12-20(29-14-30-24)16-3-5-17(6-4-16)22-13-23(27)31-34-22/h3-8,11-14H,9-10H2,1-2H3,(H2,27,31)(H,28,29,30). The van der Waals surface area contributed by atoms with Gasteiger partial charge in [-0.05, 0) is 25.1 Å². The first-order chi connectivity index (χ1) is 16.5. The number of halogens is 1. The molecule has 0 amide bonds. The van der Waals surface area contributed by atoms with Crippen molar-refractivity contribution < 1.29 is 13.7 Å². The number of nitrogens with zero attached hydrogens (tertiary/aromatic N) is 4. The number of nitrogen functional groups attached to an aromatic ring is 1. The number of nitrogens with one attached hydrogen (secondary N) is 1. The van der Waals surface area contributed by atoms with Crippen molar-refractivity contribution in [1.29, 1.82) is 0 Å². The number of hydrogen-bond donors (Lipinski definition) is 2. The van der Waals surface area contributed by atoms with Gasteiger partial charge in [-0.25, -0.2) is 14.4 Å². The number of ether oxygens (including phenoxy) is 1. The minimum atomic E-state index is -0.273. The molecule has 0 radical (unpaired) electrons. The van der Waals surface area contributed by atoms with Crippen molar-refractivity contribution in [3.05, 3.63) is 72.4 Å². The number of aryl methyl sites for hydroxylation is 1. The summed E-state index contributed by atoms with van der Waals surface area (Å²) in [6.07, 6.45) is 1.52. The fourth-order valence-electron chi connectivity index (χ4n) is 4.04. The Balaban J connectivity index is 1.30. The molecule has 8 nitrogen and oxygen atoms in total. The van der Waals surface area contributed by atoms with Gasteiger partial charge in [0.25, 0.3) is 0 Å². The van der Waals surface area contributed by atoms with E-state index >= 15 is 0 Å². The smallest absolute Gasteiger partial charge is 0.169 e. The predicted molar refractivity (Wildman–Crippen MR) is 129 cm³/mol. The zero-order valence-electron chi connectivity index (χ0n) is 18.7. The van der Waals surface area contributed by atoms with Gasteiger partial charge in [-0.1, -0.05) is 29.4 Å². The molecular weight excluding hydrogens is 435 g/mol. The van der Waals surface area contributed by atoms with Crippen molar-refractivity contribution in [2.24, 2.45) is 0 Å². The summed E-state index contributed by atoms with van der Waals surface area (Å²) >= 11 is 0. The number of benzene rings is 2. The Labute approximate surface area is 195 Å². The summed E-state index contributed by atoms with van der Waals surface area (Å²) in [5.41, 5.74) is 9.70. The first-order valence-corrected chi connectivity index (χ1v) is 10.7. The van der Waals surface area contributed by atoms with Gasteiger partial charge in [0, 0.05) is 47.4 Å². The highest BCUT2D eigenvalue weighted by Gasteiger charge is 2.14. The van der Waals surface area contributed by atoms with Gasteiger partial charge in [0.05, 0.1) is 18.3 Å². The van der Waals surface area contributed by atoms with Crippen LogP contribution in [0.2, 0.25) is 0 Å². The molecular formula is C25H23FN6O2. The number of methoxy groups -OCH3 is 1. The maximum absolute atomic E-state index is 14.6. The van der Waals surface area contributed by atoms with Crippen molar-refractivity contribution >= 4 is 22.5 Å². The normalized spacial score (nSPS) is 11.1. The van der Waals surface area contributed by atoms with Crippen LogP contribution >= 0.6 is 0 Å². The Kier molecular flexibility index (Phi) is 5.59. The van der Waals surface area contributed by atoms with E-state index in [1.807, 2.05) is 47.9 Å². The molecule has 0 aliphatic carbocycles. The van der Waals surface area contributed by atoms with E-state index in [-0.39, 0.29) is 5.82 Å². The van der Waals surface area contributed by atoms with E-state index in [0.29, 0.717) is 41.8 Å². The molecule has 3 N–H and O–H groups in total. The first-order valence-electron chi connectivity index (χ1n) is 10.7. The average Bonchev–Trinajstić information content (AvgIpc) is 3.43. The Morgan fingerprint density at radius 3 is 2.59 bits per heavy atom. The van der Waals surface area contributed by atoms with Gasteiger partial charge in [-0.15, -0.1) is 0 Å². The van der Waals surface area contributed by atoms with E-state index < -0.39 is 0 Å². The summed E-state index contributed by atoms with van der Waals surface area (Å²) in [7, 11) is 1.59. The summed E-state index contributed by atoms with van der Waals surface area (Å²) < 4.78 is 27.1. The van der Waals surface area contributed by atoms with Gasteiger partial charge < -0.3 is 24.9 Å².